The van der Waals surface area contributed by atoms with Crippen molar-refractivity contribution in [1.29, 1.82) is 0 Å². The van der Waals surface area contributed by atoms with Crippen LogP contribution in [-0.4, -0.2) is 13.7 Å². The standard InChI is InChI=1S/C18H24F2O/c1-21-12-2-3-14-4-6-15(7-5-14)8-9-16-10-11-17(19)18(20)13-16/h2-3,10-11,13-15H,4-9,12H2,1H3/t14-,15-. The maximum atomic E-state index is 13.2. The Hall–Kier alpha value is -1.22. The summed E-state index contributed by atoms with van der Waals surface area (Å²) in [5.74, 6) is -0.105. The number of allylic oxidation sites excluding steroid dienone is 1. The van der Waals surface area contributed by atoms with Gasteiger partial charge in [-0.05, 0) is 68.1 Å². The first-order chi connectivity index (χ1) is 10.2. The Morgan fingerprint density at radius 2 is 1.90 bits per heavy atom. The Balaban J connectivity index is 1.72. The van der Waals surface area contributed by atoms with Crippen molar-refractivity contribution in [3.8, 4) is 0 Å². The van der Waals surface area contributed by atoms with E-state index in [-0.39, 0.29) is 0 Å². The van der Waals surface area contributed by atoms with E-state index in [2.05, 4.69) is 12.2 Å². The number of hydrogen-bond donors (Lipinski definition) is 0. The zero-order valence-electron chi connectivity index (χ0n) is 12.7. The van der Waals surface area contributed by atoms with Crippen molar-refractivity contribution < 1.29 is 13.5 Å². The van der Waals surface area contributed by atoms with Gasteiger partial charge in [0, 0.05) is 7.11 Å². The van der Waals surface area contributed by atoms with Gasteiger partial charge >= 0.3 is 0 Å². The highest BCUT2D eigenvalue weighted by Gasteiger charge is 2.19. The van der Waals surface area contributed by atoms with Crippen LogP contribution in [0, 0.1) is 23.5 Å². The van der Waals surface area contributed by atoms with Gasteiger partial charge in [0.2, 0.25) is 0 Å². The van der Waals surface area contributed by atoms with E-state index in [1.807, 2.05) is 0 Å². The average Bonchev–Trinajstić information content (AvgIpc) is 2.50. The fraction of sp³-hybridized carbons (Fsp3) is 0.556. The molecule has 0 aliphatic heterocycles. The molecule has 0 amide bonds. The van der Waals surface area contributed by atoms with E-state index < -0.39 is 11.6 Å². The predicted octanol–water partition coefficient (Wildman–Crippen LogP) is 4.91. The van der Waals surface area contributed by atoms with Crippen molar-refractivity contribution in [1.82, 2.24) is 0 Å². The van der Waals surface area contributed by atoms with Crippen LogP contribution >= 0.6 is 0 Å². The van der Waals surface area contributed by atoms with Crippen LogP contribution in [0.15, 0.2) is 30.4 Å². The molecular formula is C18H24F2O. The smallest absolute Gasteiger partial charge is 0.159 e. The summed E-state index contributed by atoms with van der Waals surface area (Å²) in [5, 5.41) is 0. The summed E-state index contributed by atoms with van der Waals surface area (Å²) in [6, 6.07) is 4.24. The monoisotopic (exact) mass is 294 g/mol. The molecule has 3 heteroatoms. The third-order valence-electron chi connectivity index (χ3n) is 4.39. The van der Waals surface area contributed by atoms with Crippen molar-refractivity contribution in [2.75, 3.05) is 13.7 Å². The van der Waals surface area contributed by atoms with Gasteiger partial charge in [-0.2, -0.15) is 0 Å². The van der Waals surface area contributed by atoms with Crippen LogP contribution in [0.2, 0.25) is 0 Å². The van der Waals surface area contributed by atoms with Gasteiger partial charge in [-0.15, -0.1) is 0 Å². The summed E-state index contributed by atoms with van der Waals surface area (Å²) in [6.45, 7) is 0.691. The summed E-state index contributed by atoms with van der Waals surface area (Å²) in [4.78, 5) is 0. The summed E-state index contributed by atoms with van der Waals surface area (Å²) < 4.78 is 31.0. The largest absolute Gasteiger partial charge is 0.381 e. The van der Waals surface area contributed by atoms with Crippen LogP contribution in [0.25, 0.3) is 0 Å². The second-order valence-electron chi connectivity index (χ2n) is 5.95. The SMILES string of the molecule is COCC=C[C@H]1CC[C@H](CCc2ccc(F)c(F)c2)CC1. The van der Waals surface area contributed by atoms with Gasteiger partial charge in [0.05, 0.1) is 6.61 Å². The van der Waals surface area contributed by atoms with Crippen molar-refractivity contribution >= 4 is 0 Å². The zero-order chi connectivity index (χ0) is 15.1. The van der Waals surface area contributed by atoms with Crippen LogP contribution in [0.1, 0.15) is 37.7 Å². The van der Waals surface area contributed by atoms with Gasteiger partial charge < -0.3 is 4.74 Å². The first-order valence-corrected chi connectivity index (χ1v) is 7.78. The highest BCUT2D eigenvalue weighted by Crippen LogP contribution is 2.32. The van der Waals surface area contributed by atoms with Gasteiger partial charge in [0.15, 0.2) is 11.6 Å². The van der Waals surface area contributed by atoms with E-state index >= 15 is 0 Å². The number of methoxy groups -OCH3 is 1. The number of ether oxygens (including phenoxy) is 1. The molecule has 0 unspecified atom stereocenters. The number of rotatable bonds is 6. The maximum Gasteiger partial charge on any atom is 0.159 e. The molecule has 116 valence electrons. The number of hydrogen-bond acceptors (Lipinski definition) is 1. The third-order valence-corrected chi connectivity index (χ3v) is 4.39. The average molecular weight is 294 g/mol. The number of halogens is 2. The van der Waals surface area contributed by atoms with Crippen LogP contribution in [-0.2, 0) is 11.2 Å². The van der Waals surface area contributed by atoms with Crippen molar-refractivity contribution in [3.63, 3.8) is 0 Å². The second-order valence-corrected chi connectivity index (χ2v) is 5.95. The lowest BCUT2D eigenvalue weighted by Crippen LogP contribution is -2.14. The Kier molecular flexibility index (Phi) is 6.37. The lowest BCUT2D eigenvalue weighted by Gasteiger charge is -2.26. The molecular weight excluding hydrogens is 270 g/mol. The summed E-state index contributed by atoms with van der Waals surface area (Å²) in [6.07, 6.45) is 11.2. The lowest BCUT2D eigenvalue weighted by molar-refractivity contribution is 0.232. The summed E-state index contributed by atoms with van der Waals surface area (Å²) >= 11 is 0. The highest BCUT2D eigenvalue weighted by molar-refractivity contribution is 5.17. The molecule has 1 aliphatic rings. The molecule has 1 fully saturated rings. The van der Waals surface area contributed by atoms with E-state index in [9.17, 15) is 8.78 Å². The Morgan fingerprint density at radius 1 is 1.14 bits per heavy atom. The van der Waals surface area contributed by atoms with E-state index in [0.717, 1.165) is 18.4 Å². The quantitative estimate of drug-likeness (QED) is 0.678. The molecule has 0 radical (unpaired) electrons. The minimum atomic E-state index is -0.762. The molecule has 21 heavy (non-hydrogen) atoms. The van der Waals surface area contributed by atoms with Crippen molar-refractivity contribution in [2.24, 2.45) is 11.8 Å². The molecule has 1 nitrogen and oxygen atoms in total. The minimum Gasteiger partial charge on any atom is -0.381 e. The molecule has 1 saturated carbocycles. The molecule has 0 bridgehead atoms. The maximum absolute atomic E-state index is 13.2. The van der Waals surface area contributed by atoms with E-state index in [4.69, 9.17) is 4.74 Å². The Morgan fingerprint density at radius 3 is 2.57 bits per heavy atom. The van der Waals surface area contributed by atoms with E-state index in [1.54, 1.807) is 13.2 Å². The molecule has 0 heterocycles. The minimum absolute atomic E-state index is 0.680. The number of benzene rings is 1. The number of aryl methyl sites for hydroxylation is 1. The van der Waals surface area contributed by atoms with Crippen LogP contribution < -0.4 is 0 Å². The van der Waals surface area contributed by atoms with Gasteiger partial charge in [-0.25, -0.2) is 8.78 Å². The highest BCUT2D eigenvalue weighted by atomic mass is 19.2. The molecule has 0 N–H and O–H groups in total. The molecule has 0 spiro atoms. The molecule has 1 aliphatic carbocycles. The molecule has 0 aromatic heterocycles. The first-order valence-electron chi connectivity index (χ1n) is 7.78. The molecule has 1 aromatic carbocycles. The van der Waals surface area contributed by atoms with Gasteiger partial charge in [-0.1, -0.05) is 18.2 Å². The van der Waals surface area contributed by atoms with Crippen LogP contribution in [0.4, 0.5) is 8.78 Å². The van der Waals surface area contributed by atoms with E-state index in [0.29, 0.717) is 18.4 Å². The van der Waals surface area contributed by atoms with Crippen molar-refractivity contribution in [3.05, 3.63) is 47.5 Å². The Labute approximate surface area is 126 Å². The lowest BCUT2D eigenvalue weighted by atomic mass is 9.79. The molecule has 0 saturated heterocycles. The molecule has 2 rings (SSSR count). The van der Waals surface area contributed by atoms with Crippen LogP contribution in [0.5, 0.6) is 0 Å². The molecule has 1 aromatic rings. The predicted molar refractivity (Wildman–Crippen MR) is 81.1 cm³/mol. The summed E-state index contributed by atoms with van der Waals surface area (Å²) in [5.41, 5.74) is 0.899. The fourth-order valence-corrected chi connectivity index (χ4v) is 3.08. The molecule has 0 atom stereocenters. The van der Waals surface area contributed by atoms with Gasteiger partial charge in [0.25, 0.3) is 0 Å². The van der Waals surface area contributed by atoms with Crippen molar-refractivity contribution in [2.45, 2.75) is 38.5 Å². The summed E-state index contributed by atoms with van der Waals surface area (Å²) in [7, 11) is 1.71. The van der Waals surface area contributed by atoms with Crippen LogP contribution in [0.3, 0.4) is 0 Å². The Bertz CT molecular complexity index is 462. The van der Waals surface area contributed by atoms with E-state index in [1.165, 1.54) is 37.8 Å². The second kappa shape index (κ2) is 8.28. The normalized spacial score (nSPS) is 22.8. The third kappa shape index (κ3) is 5.24. The zero-order valence-corrected chi connectivity index (χ0v) is 12.7. The first kappa shape index (κ1) is 16.2. The topological polar surface area (TPSA) is 9.23 Å². The van der Waals surface area contributed by atoms with Gasteiger partial charge in [-0.3, -0.25) is 0 Å². The van der Waals surface area contributed by atoms with Gasteiger partial charge in [0.1, 0.15) is 0 Å². The fourth-order valence-electron chi connectivity index (χ4n) is 3.08.